The lowest BCUT2D eigenvalue weighted by Crippen LogP contribution is -2.19. The Bertz CT molecular complexity index is 1020. The van der Waals surface area contributed by atoms with E-state index >= 15 is 0 Å². The van der Waals surface area contributed by atoms with E-state index in [9.17, 15) is 9.59 Å². The summed E-state index contributed by atoms with van der Waals surface area (Å²) in [5.74, 6) is 1.68. The zero-order chi connectivity index (χ0) is 21.9. The van der Waals surface area contributed by atoms with Crippen molar-refractivity contribution in [2.24, 2.45) is 5.10 Å². The van der Waals surface area contributed by atoms with Crippen molar-refractivity contribution in [3.8, 4) is 11.5 Å². The second kappa shape index (κ2) is 11.6. The highest BCUT2D eigenvalue weighted by Crippen LogP contribution is 2.16. The minimum absolute atomic E-state index is 0.178. The average molecular weight is 435 g/mol. The van der Waals surface area contributed by atoms with E-state index in [1.54, 1.807) is 55.6 Å². The van der Waals surface area contributed by atoms with Crippen molar-refractivity contribution in [3.05, 3.63) is 95.6 Å². The molecule has 0 aliphatic rings. The van der Waals surface area contributed by atoms with Gasteiger partial charge in [0.05, 0.1) is 24.6 Å². The lowest BCUT2D eigenvalue weighted by atomic mass is 10.2. The van der Waals surface area contributed by atoms with E-state index in [0.29, 0.717) is 17.1 Å². The van der Waals surface area contributed by atoms with Gasteiger partial charge in [0.1, 0.15) is 11.5 Å². The van der Waals surface area contributed by atoms with Crippen LogP contribution in [0.3, 0.4) is 0 Å². The average Bonchev–Trinajstić information content (AvgIpc) is 2.81. The Hall–Kier alpha value is -3.58. The van der Waals surface area contributed by atoms with Crippen LogP contribution in [0, 0.1) is 0 Å². The standard InChI is InChI=1S/C24H22N2O4S/c1-29-21-11-9-19(10-12-21)16-31-17-23(27)26-25-15-18-7-13-22(14-8-18)30-24(28)20-5-3-2-4-6-20/h2-15H,16-17H2,1H3,(H,26,27)/b25-15-. The number of hydrazone groups is 1. The van der Waals surface area contributed by atoms with Gasteiger partial charge in [-0.15, -0.1) is 11.8 Å². The number of rotatable bonds is 9. The lowest BCUT2D eigenvalue weighted by Gasteiger charge is -2.04. The van der Waals surface area contributed by atoms with Crippen LogP contribution in [0.15, 0.2) is 84.0 Å². The highest BCUT2D eigenvalue weighted by Gasteiger charge is 2.07. The lowest BCUT2D eigenvalue weighted by molar-refractivity contribution is -0.118. The van der Waals surface area contributed by atoms with Gasteiger partial charge >= 0.3 is 5.97 Å². The van der Waals surface area contributed by atoms with Crippen molar-refractivity contribution < 1.29 is 19.1 Å². The Balaban J connectivity index is 1.39. The highest BCUT2D eigenvalue weighted by atomic mass is 32.2. The first-order valence-electron chi connectivity index (χ1n) is 9.54. The van der Waals surface area contributed by atoms with E-state index in [-0.39, 0.29) is 5.91 Å². The van der Waals surface area contributed by atoms with Crippen LogP contribution in [-0.2, 0) is 10.5 Å². The quantitative estimate of drug-likeness (QED) is 0.235. The smallest absolute Gasteiger partial charge is 0.343 e. The van der Waals surface area contributed by atoms with Gasteiger partial charge in [-0.1, -0.05) is 30.3 Å². The summed E-state index contributed by atoms with van der Waals surface area (Å²) in [6.45, 7) is 0. The number of nitrogens with one attached hydrogen (secondary N) is 1. The van der Waals surface area contributed by atoms with Crippen LogP contribution < -0.4 is 14.9 Å². The molecule has 0 atom stereocenters. The number of benzene rings is 3. The fourth-order valence-corrected chi connectivity index (χ4v) is 3.34. The predicted octanol–water partition coefficient (Wildman–Crippen LogP) is 4.30. The molecule has 0 heterocycles. The molecule has 0 aliphatic heterocycles. The first kappa shape index (κ1) is 22.1. The normalized spacial score (nSPS) is 10.6. The predicted molar refractivity (Wildman–Crippen MR) is 123 cm³/mol. The molecule has 3 aromatic carbocycles. The number of esters is 1. The van der Waals surface area contributed by atoms with Crippen molar-refractivity contribution in [3.63, 3.8) is 0 Å². The number of carbonyl (C=O) groups excluding carboxylic acids is 2. The number of nitrogens with zero attached hydrogens (tertiary/aromatic N) is 1. The molecule has 158 valence electrons. The van der Waals surface area contributed by atoms with Crippen molar-refractivity contribution in [2.75, 3.05) is 12.9 Å². The van der Waals surface area contributed by atoms with Crippen LogP contribution in [-0.4, -0.2) is 31.0 Å². The Morgan fingerprint density at radius 3 is 2.29 bits per heavy atom. The van der Waals surface area contributed by atoms with E-state index < -0.39 is 5.97 Å². The molecule has 0 bridgehead atoms. The molecule has 0 fully saturated rings. The Labute approximate surface area is 185 Å². The zero-order valence-corrected chi connectivity index (χ0v) is 17.8. The molecule has 3 rings (SSSR count). The monoisotopic (exact) mass is 434 g/mol. The third kappa shape index (κ3) is 7.31. The molecule has 0 aromatic heterocycles. The molecule has 0 aliphatic carbocycles. The van der Waals surface area contributed by atoms with Gasteiger partial charge in [-0.2, -0.15) is 5.10 Å². The molecule has 7 heteroatoms. The second-order valence-corrected chi connectivity index (χ2v) is 7.44. The first-order valence-corrected chi connectivity index (χ1v) is 10.7. The largest absolute Gasteiger partial charge is 0.497 e. The zero-order valence-electron chi connectivity index (χ0n) is 17.0. The second-order valence-electron chi connectivity index (χ2n) is 6.46. The number of carbonyl (C=O) groups is 2. The summed E-state index contributed by atoms with van der Waals surface area (Å²) >= 11 is 1.50. The van der Waals surface area contributed by atoms with Gasteiger partial charge in [0.15, 0.2) is 0 Å². The number of ether oxygens (including phenoxy) is 2. The van der Waals surface area contributed by atoms with Crippen LogP contribution >= 0.6 is 11.8 Å². The Morgan fingerprint density at radius 1 is 0.935 bits per heavy atom. The van der Waals surface area contributed by atoms with Crippen molar-refractivity contribution in [1.29, 1.82) is 0 Å². The summed E-state index contributed by atoms with van der Waals surface area (Å²) in [4.78, 5) is 24.0. The molecule has 0 spiro atoms. The van der Waals surface area contributed by atoms with E-state index in [1.165, 1.54) is 18.0 Å². The number of thioether (sulfide) groups is 1. The van der Waals surface area contributed by atoms with Crippen LogP contribution in [0.2, 0.25) is 0 Å². The maximum atomic E-state index is 12.0. The SMILES string of the molecule is COc1ccc(CSCC(=O)N/N=C\c2ccc(OC(=O)c3ccccc3)cc2)cc1. The molecular weight excluding hydrogens is 412 g/mol. The molecule has 6 nitrogen and oxygen atoms in total. The Kier molecular flexibility index (Phi) is 8.25. The van der Waals surface area contributed by atoms with Gasteiger partial charge in [0.25, 0.3) is 0 Å². The van der Waals surface area contributed by atoms with Crippen molar-refractivity contribution in [1.82, 2.24) is 5.43 Å². The molecule has 31 heavy (non-hydrogen) atoms. The molecule has 3 aromatic rings. The molecule has 1 amide bonds. The summed E-state index contributed by atoms with van der Waals surface area (Å²) in [6, 6.07) is 23.4. The topological polar surface area (TPSA) is 77.0 Å². The molecule has 0 radical (unpaired) electrons. The number of amides is 1. The maximum absolute atomic E-state index is 12.0. The van der Waals surface area contributed by atoms with Gasteiger partial charge in [0, 0.05) is 5.75 Å². The summed E-state index contributed by atoms with van der Waals surface area (Å²) in [6.07, 6.45) is 1.54. The minimum atomic E-state index is -0.415. The molecule has 0 saturated carbocycles. The van der Waals surface area contributed by atoms with E-state index in [4.69, 9.17) is 9.47 Å². The third-order valence-electron chi connectivity index (χ3n) is 4.16. The Morgan fingerprint density at radius 2 is 1.61 bits per heavy atom. The fraction of sp³-hybridized carbons (Fsp3) is 0.125. The fourth-order valence-electron chi connectivity index (χ4n) is 2.56. The summed E-state index contributed by atoms with van der Waals surface area (Å²) in [5, 5.41) is 3.97. The number of hydrogen-bond donors (Lipinski definition) is 1. The minimum Gasteiger partial charge on any atom is -0.497 e. The maximum Gasteiger partial charge on any atom is 0.343 e. The summed E-state index contributed by atoms with van der Waals surface area (Å²) in [7, 11) is 1.63. The first-order chi connectivity index (χ1) is 15.1. The van der Waals surface area contributed by atoms with Crippen LogP contribution in [0.4, 0.5) is 0 Å². The summed E-state index contributed by atoms with van der Waals surface area (Å²) in [5.41, 5.74) is 4.88. The van der Waals surface area contributed by atoms with Gasteiger partial charge in [0.2, 0.25) is 5.91 Å². The van der Waals surface area contributed by atoms with E-state index in [1.807, 2.05) is 30.3 Å². The number of methoxy groups -OCH3 is 1. The van der Waals surface area contributed by atoms with Crippen LogP contribution in [0.25, 0.3) is 0 Å². The van der Waals surface area contributed by atoms with E-state index in [0.717, 1.165) is 22.6 Å². The van der Waals surface area contributed by atoms with Gasteiger partial charge in [-0.25, -0.2) is 10.2 Å². The molecule has 0 saturated heterocycles. The number of hydrogen-bond acceptors (Lipinski definition) is 6. The van der Waals surface area contributed by atoms with Crippen molar-refractivity contribution in [2.45, 2.75) is 5.75 Å². The molecule has 0 unspecified atom stereocenters. The van der Waals surface area contributed by atoms with Gasteiger partial charge < -0.3 is 9.47 Å². The van der Waals surface area contributed by atoms with Gasteiger partial charge in [-0.3, -0.25) is 4.79 Å². The van der Waals surface area contributed by atoms with Crippen LogP contribution in [0.5, 0.6) is 11.5 Å². The van der Waals surface area contributed by atoms with E-state index in [2.05, 4.69) is 10.5 Å². The third-order valence-corrected chi connectivity index (χ3v) is 5.17. The van der Waals surface area contributed by atoms with Crippen molar-refractivity contribution >= 4 is 29.9 Å². The molecule has 1 N–H and O–H groups in total. The van der Waals surface area contributed by atoms with Gasteiger partial charge in [-0.05, 0) is 59.7 Å². The van der Waals surface area contributed by atoms with Crippen LogP contribution in [0.1, 0.15) is 21.5 Å². The summed E-state index contributed by atoms with van der Waals surface area (Å²) < 4.78 is 10.5. The molecular formula is C24H22N2O4S. The highest BCUT2D eigenvalue weighted by molar-refractivity contribution is 7.99.